The van der Waals surface area contributed by atoms with Crippen molar-refractivity contribution in [2.45, 2.75) is 11.3 Å². The Labute approximate surface area is 168 Å². The molecule has 1 aliphatic rings. The molecule has 0 radical (unpaired) electrons. The molecule has 1 saturated heterocycles. The number of nitro groups is 1. The SMILES string of the molecule is CN1CCN(c2ncnc(NCCc3ccc(S(N)(=O)=O)cc3)c2[N+](=O)[O-])CC1. The van der Waals surface area contributed by atoms with E-state index in [-0.39, 0.29) is 16.4 Å². The van der Waals surface area contributed by atoms with E-state index in [9.17, 15) is 18.5 Å². The number of benzene rings is 1. The van der Waals surface area contributed by atoms with Crippen molar-refractivity contribution in [3.8, 4) is 0 Å². The molecule has 1 aliphatic heterocycles. The van der Waals surface area contributed by atoms with E-state index in [0.717, 1.165) is 18.7 Å². The molecule has 12 heteroatoms. The van der Waals surface area contributed by atoms with Gasteiger partial charge in [-0.3, -0.25) is 10.1 Å². The van der Waals surface area contributed by atoms with Crippen LogP contribution in [0.15, 0.2) is 35.5 Å². The van der Waals surface area contributed by atoms with Gasteiger partial charge in [0.15, 0.2) is 0 Å². The monoisotopic (exact) mass is 421 g/mol. The number of likely N-dealkylation sites (N-methyl/N-ethyl adjacent to an activating group) is 1. The van der Waals surface area contributed by atoms with Crippen molar-refractivity contribution < 1.29 is 13.3 Å². The Bertz CT molecular complexity index is 974. The number of aromatic nitrogens is 2. The summed E-state index contributed by atoms with van der Waals surface area (Å²) in [6.07, 6.45) is 1.85. The fraction of sp³-hybridized carbons (Fsp3) is 0.412. The highest BCUT2D eigenvalue weighted by atomic mass is 32.2. The summed E-state index contributed by atoms with van der Waals surface area (Å²) in [5.41, 5.74) is 0.725. The van der Waals surface area contributed by atoms with Gasteiger partial charge in [-0.15, -0.1) is 0 Å². The van der Waals surface area contributed by atoms with E-state index in [2.05, 4.69) is 20.2 Å². The summed E-state index contributed by atoms with van der Waals surface area (Å²) in [5.74, 6) is 0.484. The van der Waals surface area contributed by atoms with Gasteiger partial charge < -0.3 is 15.1 Å². The summed E-state index contributed by atoms with van der Waals surface area (Å²) in [6.45, 7) is 3.31. The number of nitrogens with zero attached hydrogens (tertiary/aromatic N) is 5. The molecule has 3 N–H and O–H groups in total. The second-order valence-electron chi connectivity index (χ2n) is 6.81. The van der Waals surface area contributed by atoms with Gasteiger partial charge in [0.2, 0.25) is 21.7 Å². The van der Waals surface area contributed by atoms with Crippen molar-refractivity contribution in [2.75, 3.05) is 50.0 Å². The van der Waals surface area contributed by atoms with Crippen molar-refractivity contribution in [1.82, 2.24) is 14.9 Å². The Kier molecular flexibility index (Phi) is 6.25. The van der Waals surface area contributed by atoms with E-state index in [0.29, 0.717) is 31.9 Å². The molecule has 3 rings (SSSR count). The number of nitrogens with one attached hydrogen (secondary N) is 1. The van der Waals surface area contributed by atoms with Crippen LogP contribution in [0, 0.1) is 10.1 Å². The zero-order chi connectivity index (χ0) is 21.0. The molecule has 0 bridgehead atoms. The Morgan fingerprint density at radius 3 is 2.41 bits per heavy atom. The molecule has 2 heterocycles. The molecule has 1 aromatic heterocycles. The molecule has 11 nitrogen and oxygen atoms in total. The standard InChI is InChI=1S/C17H23N7O4S/c1-22-8-10-23(11-9-22)17-15(24(25)26)16(20-12-21-17)19-7-6-13-2-4-14(5-3-13)29(18,27)28/h2-5,12H,6-11H2,1H3,(H2,18,27,28)(H,19,20,21). The number of sulfonamides is 1. The minimum Gasteiger partial charge on any atom is -0.364 e. The number of nitrogens with two attached hydrogens (primary N) is 1. The highest BCUT2D eigenvalue weighted by Crippen LogP contribution is 2.32. The van der Waals surface area contributed by atoms with E-state index in [1.807, 2.05) is 11.9 Å². The van der Waals surface area contributed by atoms with Crippen molar-refractivity contribution in [3.05, 3.63) is 46.3 Å². The summed E-state index contributed by atoms with van der Waals surface area (Å²) < 4.78 is 22.6. The van der Waals surface area contributed by atoms with Crippen molar-refractivity contribution >= 4 is 27.3 Å². The van der Waals surface area contributed by atoms with Gasteiger partial charge in [0, 0.05) is 32.7 Å². The lowest BCUT2D eigenvalue weighted by Gasteiger charge is -2.32. The predicted octanol–water partition coefficient (Wildman–Crippen LogP) is 0.439. The van der Waals surface area contributed by atoms with E-state index in [1.165, 1.54) is 18.5 Å². The second-order valence-corrected chi connectivity index (χ2v) is 8.37. The molecule has 29 heavy (non-hydrogen) atoms. The van der Waals surface area contributed by atoms with Gasteiger partial charge in [0.05, 0.1) is 9.82 Å². The van der Waals surface area contributed by atoms with Gasteiger partial charge in [-0.05, 0) is 31.2 Å². The summed E-state index contributed by atoms with van der Waals surface area (Å²) in [6, 6.07) is 6.18. The first kappa shape index (κ1) is 20.9. The third-order valence-corrected chi connectivity index (χ3v) is 5.68. The summed E-state index contributed by atoms with van der Waals surface area (Å²) in [7, 11) is -1.72. The molecule has 0 unspecified atom stereocenters. The summed E-state index contributed by atoms with van der Waals surface area (Å²) in [5, 5.41) is 19.8. The number of hydrogen-bond donors (Lipinski definition) is 2. The molecule has 1 fully saturated rings. The Balaban J connectivity index is 1.70. The van der Waals surface area contributed by atoms with E-state index >= 15 is 0 Å². The number of hydrogen-bond acceptors (Lipinski definition) is 9. The number of piperazine rings is 1. The number of primary sulfonamides is 1. The van der Waals surface area contributed by atoms with Gasteiger partial charge >= 0.3 is 5.69 Å². The number of anilines is 2. The molecule has 0 spiro atoms. The molecular formula is C17H23N7O4S. The van der Waals surface area contributed by atoms with Crippen LogP contribution in [0.1, 0.15) is 5.56 Å². The fourth-order valence-electron chi connectivity index (χ4n) is 3.09. The minimum atomic E-state index is -3.73. The summed E-state index contributed by atoms with van der Waals surface area (Å²) in [4.78, 5) is 23.5. The van der Waals surface area contributed by atoms with Gasteiger partial charge in [-0.25, -0.2) is 23.5 Å². The molecule has 0 aliphatic carbocycles. The Morgan fingerprint density at radius 2 is 1.83 bits per heavy atom. The van der Waals surface area contributed by atoms with Crippen LogP contribution in [-0.2, 0) is 16.4 Å². The zero-order valence-electron chi connectivity index (χ0n) is 16.0. The van der Waals surface area contributed by atoms with Crippen LogP contribution in [0.2, 0.25) is 0 Å². The quantitative estimate of drug-likeness (QED) is 0.480. The molecule has 0 saturated carbocycles. The Morgan fingerprint density at radius 1 is 1.17 bits per heavy atom. The first-order valence-corrected chi connectivity index (χ1v) is 10.6. The number of rotatable bonds is 7. The van der Waals surface area contributed by atoms with Gasteiger partial charge in [0.25, 0.3) is 0 Å². The van der Waals surface area contributed by atoms with E-state index in [4.69, 9.17) is 5.14 Å². The lowest BCUT2D eigenvalue weighted by atomic mass is 10.1. The predicted molar refractivity (Wildman–Crippen MR) is 108 cm³/mol. The van der Waals surface area contributed by atoms with Crippen molar-refractivity contribution in [2.24, 2.45) is 5.14 Å². The second kappa shape index (κ2) is 8.68. The van der Waals surface area contributed by atoms with Crippen LogP contribution < -0.4 is 15.4 Å². The van der Waals surface area contributed by atoms with Gasteiger partial charge in [-0.1, -0.05) is 12.1 Å². The maximum atomic E-state index is 11.7. The van der Waals surface area contributed by atoms with Crippen LogP contribution in [0.5, 0.6) is 0 Å². The zero-order valence-corrected chi connectivity index (χ0v) is 16.8. The molecule has 0 amide bonds. The maximum Gasteiger partial charge on any atom is 0.353 e. The van der Waals surface area contributed by atoms with Gasteiger partial charge in [-0.2, -0.15) is 0 Å². The fourth-order valence-corrected chi connectivity index (χ4v) is 3.60. The largest absolute Gasteiger partial charge is 0.364 e. The third kappa shape index (κ3) is 5.16. The smallest absolute Gasteiger partial charge is 0.353 e. The van der Waals surface area contributed by atoms with Crippen LogP contribution >= 0.6 is 0 Å². The normalized spacial score (nSPS) is 15.3. The van der Waals surface area contributed by atoms with Crippen molar-refractivity contribution in [1.29, 1.82) is 0 Å². The van der Waals surface area contributed by atoms with Crippen LogP contribution in [-0.4, -0.2) is 68.0 Å². The molecule has 1 aromatic carbocycles. The first-order chi connectivity index (χ1) is 13.8. The van der Waals surface area contributed by atoms with Crippen molar-refractivity contribution in [3.63, 3.8) is 0 Å². The van der Waals surface area contributed by atoms with E-state index < -0.39 is 14.9 Å². The van der Waals surface area contributed by atoms with E-state index in [1.54, 1.807) is 12.1 Å². The maximum absolute atomic E-state index is 11.7. The lowest BCUT2D eigenvalue weighted by molar-refractivity contribution is -0.383. The first-order valence-electron chi connectivity index (χ1n) is 9.04. The molecule has 0 atom stereocenters. The molecule has 2 aromatic rings. The van der Waals surface area contributed by atoms with Crippen LogP contribution in [0.25, 0.3) is 0 Å². The highest BCUT2D eigenvalue weighted by Gasteiger charge is 2.28. The lowest BCUT2D eigenvalue weighted by Crippen LogP contribution is -2.45. The topological polar surface area (TPSA) is 148 Å². The third-order valence-electron chi connectivity index (χ3n) is 4.75. The molecule has 156 valence electrons. The van der Waals surface area contributed by atoms with Crippen LogP contribution in [0.4, 0.5) is 17.3 Å². The Hall–Kier alpha value is -2.83. The molecular weight excluding hydrogens is 398 g/mol. The van der Waals surface area contributed by atoms with Gasteiger partial charge in [0.1, 0.15) is 6.33 Å². The average molecular weight is 421 g/mol. The minimum absolute atomic E-state index is 0.0393. The summed E-state index contributed by atoms with van der Waals surface area (Å²) >= 11 is 0. The highest BCUT2D eigenvalue weighted by molar-refractivity contribution is 7.89. The average Bonchev–Trinajstić information content (AvgIpc) is 2.68. The van der Waals surface area contributed by atoms with Crippen LogP contribution in [0.3, 0.4) is 0 Å².